The third kappa shape index (κ3) is 9.17. The van der Waals surface area contributed by atoms with Gasteiger partial charge in [0.15, 0.2) is 17.1 Å². The smallest absolute Gasteiger partial charge is 0.336 e. The first kappa shape index (κ1) is 31.3. The molecule has 0 saturated carbocycles. The largest absolute Gasteiger partial charge is 0.481 e. The number of nitrogens with zero attached hydrogens (tertiary/aromatic N) is 2. The molecule has 2 aromatic rings. The first-order chi connectivity index (χ1) is 19.4. The van der Waals surface area contributed by atoms with Crippen molar-refractivity contribution in [3.05, 3.63) is 53.6 Å². The van der Waals surface area contributed by atoms with E-state index in [1.165, 1.54) is 0 Å². The molecule has 222 valence electrons. The number of hydrogen-bond acceptors (Lipinski definition) is 9. The van der Waals surface area contributed by atoms with Crippen molar-refractivity contribution in [3.63, 3.8) is 0 Å². The topological polar surface area (TPSA) is 194 Å². The van der Waals surface area contributed by atoms with Crippen LogP contribution in [-0.4, -0.2) is 85.8 Å². The lowest BCUT2D eigenvalue weighted by atomic mass is 9.96. The van der Waals surface area contributed by atoms with Crippen molar-refractivity contribution >= 4 is 29.5 Å². The van der Waals surface area contributed by atoms with Gasteiger partial charge in [0.2, 0.25) is 12.7 Å². The molecule has 1 atom stereocenters. The summed E-state index contributed by atoms with van der Waals surface area (Å²) < 4.78 is 10.8. The fraction of sp³-hybridized carbons (Fsp3) is 0.429. The lowest BCUT2D eigenvalue weighted by Crippen LogP contribution is -2.42. The van der Waals surface area contributed by atoms with E-state index in [2.05, 4.69) is 17.0 Å². The van der Waals surface area contributed by atoms with Gasteiger partial charge >= 0.3 is 17.9 Å². The Bertz CT molecular complexity index is 1230. The number of carbonyl (C=O) groups is 4. The average Bonchev–Trinajstić information content (AvgIpc) is 3.52. The van der Waals surface area contributed by atoms with Gasteiger partial charge in [0.05, 0.1) is 18.9 Å². The number of rotatable bonds is 12. The summed E-state index contributed by atoms with van der Waals surface area (Å²) in [6, 6.07) is 14.1. The summed E-state index contributed by atoms with van der Waals surface area (Å²) in [5.74, 6) is -3.27. The van der Waals surface area contributed by atoms with Crippen LogP contribution in [-0.2, 0) is 32.3 Å². The van der Waals surface area contributed by atoms with Crippen LogP contribution in [0.25, 0.3) is 0 Å². The van der Waals surface area contributed by atoms with Gasteiger partial charge in [0.1, 0.15) is 0 Å². The number of aliphatic hydroxyl groups is 2. The third-order valence-corrected chi connectivity index (χ3v) is 6.38. The molecule has 1 amide bonds. The molecule has 5 N–H and O–H groups in total. The number of aliphatic hydroxyl groups excluding tert-OH is 1. The minimum Gasteiger partial charge on any atom is -0.481 e. The van der Waals surface area contributed by atoms with Gasteiger partial charge in [-0.1, -0.05) is 18.2 Å². The maximum atomic E-state index is 11.9. The summed E-state index contributed by atoms with van der Waals surface area (Å²) in [7, 11) is 0. The minimum atomic E-state index is -2.74. The lowest BCUT2D eigenvalue weighted by Gasteiger charge is -2.24. The number of aliphatic carboxylic acids is 3. The Morgan fingerprint density at radius 3 is 2.07 bits per heavy atom. The van der Waals surface area contributed by atoms with Crippen molar-refractivity contribution < 1.29 is 54.2 Å². The van der Waals surface area contributed by atoms with Gasteiger partial charge in [0.25, 0.3) is 0 Å². The van der Waals surface area contributed by atoms with E-state index in [0.717, 1.165) is 41.3 Å². The fourth-order valence-electron chi connectivity index (χ4n) is 4.53. The number of hydrogen-bond donors (Lipinski definition) is 5. The van der Waals surface area contributed by atoms with Crippen LogP contribution in [0.15, 0.2) is 42.5 Å². The summed E-state index contributed by atoms with van der Waals surface area (Å²) in [4.78, 5) is 46.5. The van der Waals surface area contributed by atoms with Crippen LogP contribution in [0.4, 0.5) is 5.69 Å². The van der Waals surface area contributed by atoms with Gasteiger partial charge in [-0.15, -0.1) is 0 Å². The maximum Gasteiger partial charge on any atom is 0.336 e. The Labute approximate surface area is 236 Å². The first-order valence-electron chi connectivity index (χ1n) is 12.9. The average molecular weight is 575 g/mol. The minimum absolute atomic E-state index is 0.200. The molecule has 41 heavy (non-hydrogen) atoms. The quantitative estimate of drug-likeness (QED) is 0.246. The summed E-state index contributed by atoms with van der Waals surface area (Å²) in [6.45, 7) is 4.86. The zero-order valence-corrected chi connectivity index (χ0v) is 22.6. The van der Waals surface area contributed by atoms with Crippen LogP contribution >= 0.6 is 0 Å². The summed E-state index contributed by atoms with van der Waals surface area (Å²) in [5, 5.41) is 43.7. The highest BCUT2D eigenvalue weighted by atomic mass is 16.7. The number of benzene rings is 2. The summed E-state index contributed by atoms with van der Waals surface area (Å²) >= 11 is 0. The monoisotopic (exact) mass is 574 g/mol. The predicted octanol–water partition coefficient (Wildman–Crippen LogP) is 1.68. The highest BCUT2D eigenvalue weighted by Crippen LogP contribution is 2.33. The number of fused-ring (bicyclic) bond motifs is 1. The number of carbonyl (C=O) groups excluding carboxylic acids is 1. The van der Waals surface area contributed by atoms with E-state index in [-0.39, 0.29) is 12.7 Å². The van der Waals surface area contributed by atoms with Crippen molar-refractivity contribution in [2.24, 2.45) is 0 Å². The van der Waals surface area contributed by atoms with Crippen LogP contribution in [0.5, 0.6) is 11.5 Å². The van der Waals surface area contributed by atoms with E-state index in [1.807, 2.05) is 35.2 Å². The Morgan fingerprint density at radius 1 is 0.951 bits per heavy atom. The highest BCUT2D eigenvalue weighted by molar-refractivity contribution is 5.95. The molecular formula is C28H34N2O11. The maximum absolute atomic E-state index is 11.9. The molecule has 13 heteroatoms. The van der Waals surface area contributed by atoms with Gasteiger partial charge in [-0.05, 0) is 48.7 Å². The summed E-state index contributed by atoms with van der Waals surface area (Å²) in [5.41, 5.74) is 0.488. The molecule has 2 aromatic carbocycles. The molecule has 2 aliphatic rings. The third-order valence-electron chi connectivity index (χ3n) is 6.38. The summed E-state index contributed by atoms with van der Waals surface area (Å²) in [6.07, 6.45) is -1.14. The van der Waals surface area contributed by atoms with Gasteiger partial charge in [-0.2, -0.15) is 0 Å². The van der Waals surface area contributed by atoms with E-state index in [1.54, 1.807) is 6.92 Å². The fourth-order valence-corrected chi connectivity index (χ4v) is 4.53. The van der Waals surface area contributed by atoms with Crippen LogP contribution < -0.4 is 14.4 Å². The predicted molar refractivity (Wildman–Crippen MR) is 143 cm³/mol. The van der Waals surface area contributed by atoms with Crippen molar-refractivity contribution in [3.8, 4) is 11.5 Å². The lowest BCUT2D eigenvalue weighted by molar-refractivity contribution is -0.170. The SMILES string of the molecule is CC(O)CN(Cc1ccc(N2CCCC2=O)cc1)Cc1ccc2c(c1)OCO2.O=C(O)CC(O)(CC(=O)O)C(=O)O. The van der Waals surface area contributed by atoms with Crippen molar-refractivity contribution in [1.29, 1.82) is 0 Å². The van der Waals surface area contributed by atoms with Gasteiger partial charge < -0.3 is 39.9 Å². The van der Waals surface area contributed by atoms with Crippen LogP contribution in [0.3, 0.4) is 0 Å². The van der Waals surface area contributed by atoms with E-state index in [9.17, 15) is 24.3 Å². The van der Waals surface area contributed by atoms with Crippen LogP contribution in [0, 0.1) is 0 Å². The molecule has 0 radical (unpaired) electrons. The normalized spacial score (nSPS) is 14.9. The van der Waals surface area contributed by atoms with E-state index < -0.39 is 42.5 Å². The molecule has 1 fully saturated rings. The van der Waals surface area contributed by atoms with Gasteiger partial charge in [-0.3, -0.25) is 19.3 Å². The highest BCUT2D eigenvalue weighted by Gasteiger charge is 2.40. The second kappa shape index (κ2) is 13.9. The second-order valence-electron chi connectivity index (χ2n) is 10.00. The Balaban J connectivity index is 0.000000302. The molecule has 0 bridgehead atoms. The van der Waals surface area contributed by atoms with Crippen molar-refractivity contribution in [1.82, 2.24) is 4.90 Å². The second-order valence-corrected chi connectivity index (χ2v) is 10.00. The van der Waals surface area contributed by atoms with Crippen molar-refractivity contribution in [2.45, 2.75) is 57.4 Å². The Kier molecular flexibility index (Phi) is 10.6. The van der Waals surface area contributed by atoms with Crippen molar-refractivity contribution in [2.75, 3.05) is 24.8 Å². The number of ether oxygens (including phenoxy) is 2. The number of carboxylic acids is 3. The Morgan fingerprint density at radius 2 is 1.54 bits per heavy atom. The van der Waals surface area contributed by atoms with Crippen LogP contribution in [0.1, 0.15) is 43.7 Å². The van der Waals surface area contributed by atoms with E-state index >= 15 is 0 Å². The van der Waals surface area contributed by atoms with E-state index in [4.69, 9.17) is 29.9 Å². The molecule has 2 heterocycles. The molecule has 4 rings (SSSR count). The molecule has 13 nitrogen and oxygen atoms in total. The molecule has 0 spiro atoms. The number of carboxylic acid groups (broad SMARTS) is 3. The molecule has 0 aromatic heterocycles. The molecular weight excluding hydrogens is 540 g/mol. The van der Waals surface area contributed by atoms with Crippen LogP contribution in [0.2, 0.25) is 0 Å². The number of amides is 1. The Hall–Kier alpha value is -4.20. The first-order valence-corrected chi connectivity index (χ1v) is 12.9. The number of anilines is 1. The van der Waals surface area contributed by atoms with E-state index in [0.29, 0.717) is 26.1 Å². The zero-order valence-electron chi connectivity index (χ0n) is 22.6. The van der Waals surface area contributed by atoms with Gasteiger partial charge in [0, 0.05) is 38.3 Å². The molecule has 0 aliphatic carbocycles. The zero-order chi connectivity index (χ0) is 30.2. The van der Waals surface area contributed by atoms with Gasteiger partial charge in [-0.25, -0.2) is 4.79 Å². The molecule has 2 aliphatic heterocycles. The standard InChI is InChI=1S/C22H26N2O4.C6H8O7/c1-16(25)12-23(14-18-6-9-20-21(11-18)28-15-27-20)13-17-4-7-19(8-5-17)24-10-2-3-22(24)26;7-3(8)1-6(13,5(11)12)2-4(9)10/h4-9,11,16,25H,2-3,10,12-15H2,1H3;13H,1-2H2,(H,7,8)(H,9,10)(H,11,12). The molecule has 1 saturated heterocycles. The molecule has 1 unspecified atom stereocenters.